The van der Waals surface area contributed by atoms with E-state index in [9.17, 15) is 31.2 Å². The van der Waals surface area contributed by atoms with Crippen molar-refractivity contribution < 1.29 is 40.7 Å². The van der Waals surface area contributed by atoms with Crippen LogP contribution >= 0.6 is 0 Å². The van der Waals surface area contributed by atoms with Crippen molar-refractivity contribution in [3.05, 3.63) is 53.6 Å². The van der Waals surface area contributed by atoms with Crippen molar-refractivity contribution in [1.82, 2.24) is 0 Å². The molecule has 3 rings (SSSR count). The quantitative estimate of drug-likeness (QED) is 0.475. The van der Waals surface area contributed by atoms with Gasteiger partial charge in [-0.25, -0.2) is 8.42 Å². The second-order valence-corrected chi connectivity index (χ2v) is 11.5. The first kappa shape index (κ1) is 27.5. The molecule has 1 aliphatic heterocycles. The summed E-state index contributed by atoms with van der Waals surface area (Å²) >= 11 is 0. The topological polar surface area (TPSA) is 90.0 Å². The van der Waals surface area contributed by atoms with E-state index in [4.69, 9.17) is 9.47 Å². The third-order valence-electron chi connectivity index (χ3n) is 5.29. The maximum absolute atomic E-state index is 13.6. The third-order valence-corrected chi connectivity index (χ3v) is 7.07. The Morgan fingerprint density at radius 2 is 1.81 bits per heavy atom. The number of rotatable bonds is 7. The Morgan fingerprint density at radius 3 is 2.42 bits per heavy atom. The summed E-state index contributed by atoms with van der Waals surface area (Å²) < 4.78 is 79.2. The Bertz CT molecular complexity index is 1250. The number of halogens is 3. The lowest BCUT2D eigenvalue weighted by atomic mass is 10.1. The average molecular weight is 528 g/mol. The number of sulfonamides is 1. The second kappa shape index (κ2) is 10.1. The molecule has 11 heteroatoms. The molecule has 0 spiro atoms. The first-order valence-corrected chi connectivity index (χ1v) is 12.7. The minimum atomic E-state index is -4.72. The smallest absolute Gasteiger partial charge is 0.416 e. The monoisotopic (exact) mass is 527 g/mol. The summed E-state index contributed by atoms with van der Waals surface area (Å²) in [6.07, 6.45) is -5.19. The minimum absolute atomic E-state index is 0.0903. The normalized spacial score (nSPS) is 16.2. The Kier molecular flexibility index (Phi) is 7.73. The summed E-state index contributed by atoms with van der Waals surface area (Å²) in [6.45, 7) is 6.34. The molecule has 196 valence electrons. The van der Waals surface area contributed by atoms with Gasteiger partial charge in [0.05, 0.1) is 29.1 Å². The molecule has 0 aromatic heterocycles. The van der Waals surface area contributed by atoms with Crippen LogP contribution in [0.4, 0.5) is 18.9 Å². The fourth-order valence-electron chi connectivity index (χ4n) is 3.71. The molecule has 1 heterocycles. The average Bonchev–Trinajstić information content (AvgIpc) is 2.75. The van der Waals surface area contributed by atoms with Gasteiger partial charge >= 0.3 is 12.1 Å². The number of benzene rings is 2. The van der Waals surface area contributed by atoms with E-state index < -0.39 is 44.3 Å². The number of anilines is 1. The van der Waals surface area contributed by atoms with Crippen LogP contribution in [0.2, 0.25) is 0 Å². The van der Waals surface area contributed by atoms with Crippen LogP contribution in [0.3, 0.4) is 0 Å². The molecule has 1 atom stereocenters. The molecular formula is C25H28F3NO6S. The van der Waals surface area contributed by atoms with Gasteiger partial charge in [0.2, 0.25) is 0 Å². The fraction of sp³-hybridized carbons (Fsp3) is 0.440. The van der Waals surface area contributed by atoms with Crippen molar-refractivity contribution in [2.45, 2.75) is 69.7 Å². The number of alkyl halides is 3. The molecule has 0 amide bonds. The van der Waals surface area contributed by atoms with E-state index in [1.54, 1.807) is 26.8 Å². The van der Waals surface area contributed by atoms with Gasteiger partial charge in [0.25, 0.3) is 10.0 Å². The number of hydrogen-bond donors (Lipinski definition) is 0. The molecule has 0 unspecified atom stereocenters. The van der Waals surface area contributed by atoms with Gasteiger partial charge < -0.3 is 14.3 Å². The molecule has 1 aliphatic rings. The number of nitrogens with zero attached hydrogens (tertiary/aromatic N) is 1. The lowest BCUT2D eigenvalue weighted by molar-refractivity contribution is -0.154. The predicted molar refractivity (Wildman–Crippen MR) is 126 cm³/mol. The number of ether oxygens (including phenoxy) is 2. The molecule has 0 bridgehead atoms. The van der Waals surface area contributed by atoms with Crippen molar-refractivity contribution in [3.63, 3.8) is 0 Å². The highest BCUT2D eigenvalue weighted by molar-refractivity contribution is 7.92. The molecule has 0 aliphatic carbocycles. The van der Waals surface area contributed by atoms with Crippen molar-refractivity contribution >= 4 is 27.5 Å². The summed E-state index contributed by atoms with van der Waals surface area (Å²) in [5.41, 5.74) is -1.27. The highest BCUT2D eigenvalue weighted by Crippen LogP contribution is 2.39. The summed E-state index contributed by atoms with van der Waals surface area (Å²) in [7, 11) is -4.45. The highest BCUT2D eigenvalue weighted by atomic mass is 32.2. The molecular weight excluding hydrogens is 499 g/mol. The fourth-order valence-corrected chi connectivity index (χ4v) is 5.26. The van der Waals surface area contributed by atoms with Crippen LogP contribution in [-0.4, -0.2) is 38.4 Å². The zero-order chi connectivity index (χ0) is 26.9. The standard InChI is InChI=1S/C25H28F3NO6S/c1-16(30)8-10-19-15-29(36(32,33)20-7-5-6-18(14-20)25(26,27)28)21-12-17(9-11-22(21)34-19)13-23(31)35-24(2,3)4/h5-7,9,11-12,14,19H,8,10,13,15H2,1-4H3/t19-/m0/s1. The Hall–Kier alpha value is -3.08. The molecule has 2 aromatic rings. The van der Waals surface area contributed by atoms with Gasteiger partial charge in [0, 0.05) is 6.42 Å². The number of carbonyl (C=O) groups excluding carboxylic acids is 2. The van der Waals surface area contributed by atoms with Crippen LogP contribution in [0.1, 0.15) is 51.7 Å². The highest BCUT2D eigenvalue weighted by Gasteiger charge is 2.37. The first-order chi connectivity index (χ1) is 16.6. The molecule has 0 fully saturated rings. The number of fused-ring (bicyclic) bond motifs is 1. The van der Waals surface area contributed by atoms with Crippen molar-refractivity contribution in [1.29, 1.82) is 0 Å². The third kappa shape index (κ3) is 6.77. The minimum Gasteiger partial charge on any atom is -0.486 e. The largest absolute Gasteiger partial charge is 0.486 e. The molecule has 0 saturated carbocycles. The number of ketones is 1. The van der Waals surface area contributed by atoms with E-state index in [2.05, 4.69) is 0 Å². The van der Waals surface area contributed by atoms with Gasteiger partial charge in [-0.15, -0.1) is 0 Å². The van der Waals surface area contributed by atoms with E-state index in [1.165, 1.54) is 19.1 Å². The summed E-state index contributed by atoms with van der Waals surface area (Å²) in [4.78, 5) is 23.2. The number of carbonyl (C=O) groups is 2. The predicted octanol–water partition coefficient (Wildman–Crippen LogP) is 4.92. The molecule has 7 nitrogen and oxygen atoms in total. The van der Waals surface area contributed by atoms with Crippen molar-refractivity contribution in [3.8, 4) is 5.75 Å². The van der Waals surface area contributed by atoms with Gasteiger partial charge in [-0.1, -0.05) is 12.1 Å². The van der Waals surface area contributed by atoms with Crippen LogP contribution in [0, 0.1) is 0 Å². The Morgan fingerprint density at radius 1 is 1.11 bits per heavy atom. The van der Waals surface area contributed by atoms with E-state index in [1.807, 2.05) is 0 Å². The molecule has 0 radical (unpaired) electrons. The number of Topliss-reactive ketones (excluding diaryl/α,β-unsaturated/α-hetero) is 1. The van der Waals surface area contributed by atoms with Gasteiger partial charge in [0.15, 0.2) is 0 Å². The van der Waals surface area contributed by atoms with E-state index in [0.29, 0.717) is 11.6 Å². The number of esters is 1. The van der Waals surface area contributed by atoms with E-state index in [-0.39, 0.29) is 43.0 Å². The van der Waals surface area contributed by atoms with E-state index in [0.717, 1.165) is 22.5 Å². The Balaban J connectivity index is 2.03. The van der Waals surface area contributed by atoms with Crippen molar-refractivity contribution in [2.75, 3.05) is 10.8 Å². The second-order valence-electron chi connectivity index (χ2n) is 9.61. The van der Waals surface area contributed by atoms with E-state index >= 15 is 0 Å². The van der Waals surface area contributed by atoms with Gasteiger partial charge in [-0.2, -0.15) is 13.2 Å². The van der Waals surface area contributed by atoms with Crippen molar-refractivity contribution in [2.24, 2.45) is 0 Å². The molecule has 36 heavy (non-hydrogen) atoms. The molecule has 2 aromatic carbocycles. The first-order valence-electron chi connectivity index (χ1n) is 11.3. The van der Waals surface area contributed by atoms with Crippen LogP contribution in [0.25, 0.3) is 0 Å². The number of hydrogen-bond acceptors (Lipinski definition) is 6. The molecule has 0 N–H and O–H groups in total. The van der Waals surface area contributed by atoms with Gasteiger partial charge in [0.1, 0.15) is 23.2 Å². The van der Waals surface area contributed by atoms with Crippen LogP contribution < -0.4 is 9.04 Å². The van der Waals surface area contributed by atoms with Gasteiger partial charge in [-0.3, -0.25) is 9.10 Å². The van der Waals surface area contributed by atoms with Crippen LogP contribution in [0.15, 0.2) is 47.4 Å². The van der Waals surface area contributed by atoms with Crippen LogP contribution in [-0.2, 0) is 36.9 Å². The maximum atomic E-state index is 13.6. The summed E-state index contributed by atoms with van der Waals surface area (Å²) in [6, 6.07) is 8.04. The molecule has 0 saturated heterocycles. The summed E-state index contributed by atoms with van der Waals surface area (Å²) in [5, 5.41) is 0. The van der Waals surface area contributed by atoms with Gasteiger partial charge in [-0.05, 0) is 70.0 Å². The van der Waals surface area contributed by atoms with Crippen LogP contribution in [0.5, 0.6) is 5.75 Å². The SMILES string of the molecule is CC(=O)CC[C@H]1CN(S(=O)(=O)c2cccc(C(F)(F)F)c2)c2cc(CC(=O)OC(C)(C)C)ccc2O1. The lowest BCUT2D eigenvalue weighted by Crippen LogP contribution is -2.43. The lowest BCUT2D eigenvalue weighted by Gasteiger charge is -2.36. The maximum Gasteiger partial charge on any atom is 0.416 e. The zero-order valence-electron chi connectivity index (χ0n) is 20.4. The zero-order valence-corrected chi connectivity index (χ0v) is 21.2. The Labute approximate surface area is 208 Å². The summed E-state index contributed by atoms with van der Waals surface area (Å²) in [5.74, 6) is -0.450.